The molecule has 1 unspecified atom stereocenters. The van der Waals surface area contributed by atoms with Gasteiger partial charge in [0.25, 0.3) is 0 Å². The van der Waals surface area contributed by atoms with Gasteiger partial charge < -0.3 is 20.3 Å². The number of likely N-dealkylation sites (N-methyl/N-ethyl adjacent to an activating group) is 1. The van der Waals surface area contributed by atoms with Crippen LogP contribution in [0.4, 0.5) is 4.39 Å². The van der Waals surface area contributed by atoms with Crippen molar-refractivity contribution in [1.82, 2.24) is 20.4 Å². The molecule has 7 heteroatoms. The molecule has 1 aromatic rings. The highest BCUT2D eigenvalue weighted by atomic mass is 19.1. The van der Waals surface area contributed by atoms with E-state index in [1.165, 1.54) is 12.1 Å². The number of piperazine rings is 1. The molecule has 1 aromatic carbocycles. The number of aliphatic imine (C=N–C) groups is 1. The standard InChI is InChI=1S/C21H36FN5O/c1-4-19(28-20-9-7-8-18(22)16-20)17-25-21(23-5-2)24-10-11-27-14-12-26(6-3)13-15-27/h7-9,16,19H,4-6,10-15,17H2,1-3H3,(H2,23,24,25). The summed E-state index contributed by atoms with van der Waals surface area (Å²) in [6.45, 7) is 15.2. The zero-order valence-corrected chi connectivity index (χ0v) is 17.6. The quantitative estimate of drug-likeness (QED) is 0.471. The summed E-state index contributed by atoms with van der Waals surface area (Å²) in [6.07, 6.45) is 0.723. The topological polar surface area (TPSA) is 52.1 Å². The lowest BCUT2D eigenvalue weighted by Crippen LogP contribution is -2.49. The fourth-order valence-electron chi connectivity index (χ4n) is 3.18. The van der Waals surface area contributed by atoms with Crippen molar-refractivity contribution in [2.24, 2.45) is 4.99 Å². The predicted molar refractivity (Wildman–Crippen MR) is 114 cm³/mol. The van der Waals surface area contributed by atoms with Gasteiger partial charge in [-0.2, -0.15) is 0 Å². The summed E-state index contributed by atoms with van der Waals surface area (Å²) < 4.78 is 19.2. The number of ether oxygens (including phenoxy) is 1. The van der Waals surface area contributed by atoms with Crippen molar-refractivity contribution in [1.29, 1.82) is 0 Å². The van der Waals surface area contributed by atoms with Crippen molar-refractivity contribution in [2.45, 2.75) is 33.3 Å². The second-order valence-electron chi connectivity index (χ2n) is 7.03. The van der Waals surface area contributed by atoms with Crippen LogP contribution in [0.5, 0.6) is 5.75 Å². The highest BCUT2D eigenvalue weighted by Crippen LogP contribution is 2.15. The Morgan fingerprint density at radius 3 is 2.54 bits per heavy atom. The average Bonchev–Trinajstić information content (AvgIpc) is 2.71. The number of nitrogens with zero attached hydrogens (tertiary/aromatic N) is 3. The van der Waals surface area contributed by atoms with Gasteiger partial charge in [-0.05, 0) is 32.0 Å². The molecule has 0 bridgehead atoms. The third-order valence-electron chi connectivity index (χ3n) is 4.98. The summed E-state index contributed by atoms with van der Waals surface area (Å²) in [7, 11) is 0. The van der Waals surface area contributed by atoms with Crippen molar-refractivity contribution in [2.75, 3.05) is 58.9 Å². The van der Waals surface area contributed by atoms with Gasteiger partial charge in [0.2, 0.25) is 0 Å². The first-order valence-electron chi connectivity index (χ1n) is 10.5. The molecule has 158 valence electrons. The second-order valence-corrected chi connectivity index (χ2v) is 7.03. The summed E-state index contributed by atoms with van der Waals surface area (Å²) in [4.78, 5) is 9.64. The molecule has 2 rings (SSSR count). The summed E-state index contributed by atoms with van der Waals surface area (Å²) in [6, 6.07) is 6.26. The molecule has 1 fully saturated rings. The molecule has 1 heterocycles. The number of guanidine groups is 1. The van der Waals surface area contributed by atoms with E-state index in [0.29, 0.717) is 12.3 Å². The van der Waals surface area contributed by atoms with E-state index in [-0.39, 0.29) is 11.9 Å². The Hall–Kier alpha value is -1.86. The first-order chi connectivity index (χ1) is 13.6. The van der Waals surface area contributed by atoms with Gasteiger partial charge in [0.05, 0.1) is 6.54 Å². The van der Waals surface area contributed by atoms with Crippen molar-refractivity contribution in [3.63, 3.8) is 0 Å². The van der Waals surface area contributed by atoms with E-state index in [2.05, 4.69) is 46.2 Å². The maximum Gasteiger partial charge on any atom is 0.191 e. The van der Waals surface area contributed by atoms with Crippen LogP contribution in [0.3, 0.4) is 0 Å². The molecule has 0 spiro atoms. The summed E-state index contributed by atoms with van der Waals surface area (Å²) in [5, 5.41) is 6.70. The minimum absolute atomic E-state index is 0.0839. The molecule has 28 heavy (non-hydrogen) atoms. The molecule has 0 amide bonds. The molecule has 0 radical (unpaired) electrons. The SMILES string of the molecule is CCNC(=NCC(CC)Oc1cccc(F)c1)NCCN1CCN(CC)CC1. The molecular formula is C21H36FN5O. The van der Waals surface area contributed by atoms with Crippen LogP contribution in [-0.4, -0.2) is 80.8 Å². The molecular weight excluding hydrogens is 357 g/mol. The van der Waals surface area contributed by atoms with Gasteiger partial charge in [-0.25, -0.2) is 9.38 Å². The lowest BCUT2D eigenvalue weighted by molar-refractivity contribution is 0.139. The lowest BCUT2D eigenvalue weighted by Gasteiger charge is -2.34. The third kappa shape index (κ3) is 8.02. The Kier molecular flexibility index (Phi) is 10.1. The molecule has 0 aliphatic carbocycles. The van der Waals surface area contributed by atoms with Gasteiger partial charge in [-0.3, -0.25) is 4.90 Å². The van der Waals surface area contributed by atoms with E-state index in [1.54, 1.807) is 12.1 Å². The maximum atomic E-state index is 13.3. The Morgan fingerprint density at radius 2 is 1.89 bits per heavy atom. The van der Waals surface area contributed by atoms with Crippen LogP contribution in [0.15, 0.2) is 29.3 Å². The minimum Gasteiger partial charge on any atom is -0.488 e. The number of hydrogen-bond donors (Lipinski definition) is 2. The highest BCUT2D eigenvalue weighted by molar-refractivity contribution is 5.79. The zero-order valence-electron chi connectivity index (χ0n) is 17.6. The second kappa shape index (κ2) is 12.6. The van der Waals surface area contributed by atoms with Crippen molar-refractivity contribution in [3.8, 4) is 5.75 Å². The van der Waals surface area contributed by atoms with E-state index in [9.17, 15) is 4.39 Å². The van der Waals surface area contributed by atoms with Gasteiger partial charge in [0, 0.05) is 51.9 Å². The molecule has 1 aliphatic heterocycles. The Labute approximate surface area is 169 Å². The van der Waals surface area contributed by atoms with Crippen LogP contribution in [0.25, 0.3) is 0 Å². The van der Waals surface area contributed by atoms with Crippen LogP contribution in [-0.2, 0) is 0 Å². The van der Waals surface area contributed by atoms with Crippen molar-refractivity contribution in [3.05, 3.63) is 30.1 Å². The van der Waals surface area contributed by atoms with Crippen LogP contribution in [0.1, 0.15) is 27.2 Å². The maximum absolute atomic E-state index is 13.3. The van der Waals surface area contributed by atoms with Crippen LogP contribution in [0, 0.1) is 5.82 Å². The molecule has 1 atom stereocenters. The van der Waals surface area contributed by atoms with Crippen molar-refractivity contribution < 1.29 is 9.13 Å². The van der Waals surface area contributed by atoms with E-state index in [1.807, 2.05) is 0 Å². The largest absolute Gasteiger partial charge is 0.488 e. The number of benzene rings is 1. The van der Waals surface area contributed by atoms with Crippen LogP contribution < -0.4 is 15.4 Å². The molecule has 2 N–H and O–H groups in total. The summed E-state index contributed by atoms with van der Waals surface area (Å²) in [5.74, 6) is 1.06. The molecule has 1 aliphatic rings. The normalized spacial score (nSPS) is 17.4. The summed E-state index contributed by atoms with van der Waals surface area (Å²) >= 11 is 0. The first kappa shape index (κ1) is 22.4. The van der Waals surface area contributed by atoms with Gasteiger partial charge in [-0.1, -0.05) is 19.9 Å². The van der Waals surface area contributed by atoms with Crippen molar-refractivity contribution >= 4 is 5.96 Å². The summed E-state index contributed by atoms with van der Waals surface area (Å²) in [5.41, 5.74) is 0. The van der Waals surface area contributed by atoms with Gasteiger partial charge in [0.15, 0.2) is 5.96 Å². The Morgan fingerprint density at radius 1 is 1.14 bits per heavy atom. The van der Waals surface area contributed by atoms with E-state index < -0.39 is 0 Å². The van der Waals surface area contributed by atoms with E-state index in [4.69, 9.17) is 4.74 Å². The zero-order chi connectivity index (χ0) is 20.2. The molecule has 0 aromatic heterocycles. The van der Waals surface area contributed by atoms with Gasteiger partial charge in [-0.15, -0.1) is 0 Å². The lowest BCUT2D eigenvalue weighted by atomic mass is 10.2. The predicted octanol–water partition coefficient (Wildman–Crippen LogP) is 2.18. The molecule has 1 saturated heterocycles. The third-order valence-corrected chi connectivity index (χ3v) is 4.98. The number of rotatable bonds is 10. The fourth-order valence-corrected chi connectivity index (χ4v) is 3.18. The number of halogens is 1. The molecule has 0 saturated carbocycles. The highest BCUT2D eigenvalue weighted by Gasteiger charge is 2.15. The van der Waals surface area contributed by atoms with Gasteiger partial charge >= 0.3 is 0 Å². The number of nitrogens with one attached hydrogen (secondary N) is 2. The Bertz CT molecular complexity index is 590. The van der Waals surface area contributed by atoms with E-state index >= 15 is 0 Å². The van der Waals surface area contributed by atoms with Crippen LogP contribution >= 0.6 is 0 Å². The first-order valence-corrected chi connectivity index (χ1v) is 10.5. The fraction of sp³-hybridized carbons (Fsp3) is 0.667. The molecule has 6 nitrogen and oxygen atoms in total. The minimum atomic E-state index is -0.286. The average molecular weight is 394 g/mol. The monoisotopic (exact) mass is 393 g/mol. The smallest absolute Gasteiger partial charge is 0.191 e. The van der Waals surface area contributed by atoms with Gasteiger partial charge in [0.1, 0.15) is 17.7 Å². The van der Waals surface area contributed by atoms with E-state index in [0.717, 1.165) is 64.7 Å². The Balaban J connectivity index is 1.78. The number of hydrogen-bond acceptors (Lipinski definition) is 4. The van der Waals surface area contributed by atoms with Crippen LogP contribution in [0.2, 0.25) is 0 Å².